The zero-order valence-electron chi connectivity index (χ0n) is 17.4. The molecule has 1 aromatic heterocycles. The van der Waals surface area contributed by atoms with Gasteiger partial charge in [-0.2, -0.15) is 4.37 Å². The lowest BCUT2D eigenvalue weighted by atomic mass is 10.1. The Kier molecular flexibility index (Phi) is 7.63. The molecule has 0 bridgehead atoms. The van der Waals surface area contributed by atoms with Crippen molar-refractivity contribution in [3.8, 4) is 0 Å². The number of piperazine rings is 1. The number of nitrogens with zero attached hydrogens (tertiary/aromatic N) is 4. The number of fused-ring (bicyclic) bond motifs is 2. The molecule has 2 aliphatic heterocycles. The number of hydrogen-bond acceptors (Lipinski definition) is 6. The van der Waals surface area contributed by atoms with Crippen LogP contribution >= 0.6 is 23.9 Å². The average molecular weight is 473 g/mol. The summed E-state index contributed by atoms with van der Waals surface area (Å²) in [6.45, 7) is 4.94. The second kappa shape index (κ2) is 10.2. The lowest BCUT2D eigenvalue weighted by Gasteiger charge is -2.34. The van der Waals surface area contributed by atoms with E-state index in [1.165, 1.54) is 15.0 Å². The van der Waals surface area contributed by atoms with E-state index in [4.69, 9.17) is 0 Å². The van der Waals surface area contributed by atoms with Crippen LogP contribution in [-0.2, 0) is 0 Å². The van der Waals surface area contributed by atoms with Crippen molar-refractivity contribution in [3.63, 3.8) is 0 Å². The Labute approximate surface area is 196 Å². The van der Waals surface area contributed by atoms with Gasteiger partial charge in [0, 0.05) is 44.7 Å². The highest BCUT2D eigenvalue weighted by Gasteiger charge is 2.34. The summed E-state index contributed by atoms with van der Waals surface area (Å²) in [5.41, 5.74) is 1.00. The molecule has 2 aliphatic rings. The standard InChI is InChI=1S/C23H22N4O2S.ClH.H2O/c28-22-17-7-1-2-8-18(17)23(29)27(22)12-6-5-11-25-13-15-26(16-14-25)21-19-9-3-4-10-20(19)30-24-21;;/h1-10H,11-16H2;1H;1H2. The lowest BCUT2D eigenvalue weighted by molar-refractivity contribution is 0.0672. The van der Waals surface area contributed by atoms with Crippen LogP contribution in [0.5, 0.6) is 0 Å². The summed E-state index contributed by atoms with van der Waals surface area (Å²) >= 11 is 1.56. The van der Waals surface area contributed by atoms with E-state index in [0.717, 1.165) is 38.5 Å². The maximum atomic E-state index is 12.4. The molecule has 2 aromatic carbocycles. The number of imide groups is 1. The molecule has 0 aliphatic carbocycles. The third-order valence-electron chi connectivity index (χ3n) is 5.73. The van der Waals surface area contributed by atoms with Crippen LogP contribution in [0.4, 0.5) is 5.82 Å². The van der Waals surface area contributed by atoms with E-state index < -0.39 is 0 Å². The number of hydrogen-bond donors (Lipinski definition) is 0. The zero-order chi connectivity index (χ0) is 20.5. The van der Waals surface area contributed by atoms with Crippen LogP contribution in [0.3, 0.4) is 0 Å². The molecule has 3 heterocycles. The van der Waals surface area contributed by atoms with Gasteiger partial charge < -0.3 is 10.4 Å². The molecule has 168 valence electrons. The number of carbonyl (C=O) groups is 2. The lowest BCUT2D eigenvalue weighted by Crippen LogP contribution is -2.46. The third-order valence-corrected chi connectivity index (χ3v) is 6.54. The van der Waals surface area contributed by atoms with Gasteiger partial charge >= 0.3 is 0 Å². The number of rotatable bonds is 5. The first-order valence-corrected chi connectivity index (χ1v) is 10.9. The minimum absolute atomic E-state index is 0. The first-order chi connectivity index (χ1) is 14.7. The van der Waals surface area contributed by atoms with E-state index in [1.54, 1.807) is 35.8 Å². The molecule has 32 heavy (non-hydrogen) atoms. The smallest absolute Gasteiger partial charge is 0.261 e. The molecule has 5 rings (SSSR count). The van der Waals surface area contributed by atoms with Crippen LogP contribution in [0.1, 0.15) is 20.7 Å². The topological polar surface area (TPSA) is 88.2 Å². The highest BCUT2D eigenvalue weighted by Crippen LogP contribution is 2.29. The molecule has 1 fully saturated rings. The Morgan fingerprint density at radius 3 is 2.12 bits per heavy atom. The van der Waals surface area contributed by atoms with Crippen LogP contribution in [0, 0.1) is 0 Å². The van der Waals surface area contributed by atoms with Gasteiger partial charge in [0.15, 0.2) is 0 Å². The van der Waals surface area contributed by atoms with Crippen LogP contribution in [0.2, 0.25) is 0 Å². The fourth-order valence-corrected chi connectivity index (χ4v) is 4.85. The van der Waals surface area contributed by atoms with Gasteiger partial charge in [0.05, 0.1) is 15.8 Å². The molecule has 0 radical (unpaired) electrons. The van der Waals surface area contributed by atoms with Crippen LogP contribution < -0.4 is 4.90 Å². The number of anilines is 1. The highest BCUT2D eigenvalue weighted by atomic mass is 35.5. The maximum absolute atomic E-state index is 12.4. The predicted octanol–water partition coefficient (Wildman–Crippen LogP) is 2.87. The molecule has 0 unspecified atom stereocenters. The molecule has 2 amide bonds. The Bertz CT molecular complexity index is 1110. The molecule has 3 aromatic rings. The largest absolute Gasteiger partial charge is 0.412 e. The number of amides is 2. The molecule has 0 saturated carbocycles. The van der Waals surface area contributed by atoms with E-state index in [2.05, 4.69) is 44.5 Å². The van der Waals surface area contributed by atoms with E-state index in [-0.39, 0.29) is 29.7 Å². The van der Waals surface area contributed by atoms with Crippen LogP contribution in [0.15, 0.2) is 60.7 Å². The average Bonchev–Trinajstić information content (AvgIpc) is 3.32. The van der Waals surface area contributed by atoms with Crippen molar-refractivity contribution in [2.75, 3.05) is 44.2 Å². The van der Waals surface area contributed by atoms with Crippen molar-refractivity contribution in [3.05, 3.63) is 71.8 Å². The van der Waals surface area contributed by atoms with Gasteiger partial charge in [0.2, 0.25) is 0 Å². The minimum Gasteiger partial charge on any atom is -0.412 e. The first kappa shape index (κ1) is 23.9. The van der Waals surface area contributed by atoms with Crippen molar-refractivity contribution in [1.82, 2.24) is 14.2 Å². The van der Waals surface area contributed by atoms with Crippen molar-refractivity contribution in [2.45, 2.75) is 0 Å². The summed E-state index contributed by atoms with van der Waals surface area (Å²) in [5.74, 6) is 0.685. The van der Waals surface area contributed by atoms with E-state index in [1.807, 2.05) is 6.08 Å². The summed E-state index contributed by atoms with van der Waals surface area (Å²) in [5, 5.41) is 1.23. The van der Waals surface area contributed by atoms with Gasteiger partial charge in [-0.25, -0.2) is 0 Å². The molecular weight excluding hydrogens is 448 g/mol. The molecule has 2 N–H and O–H groups in total. The predicted molar refractivity (Wildman–Crippen MR) is 130 cm³/mol. The fourth-order valence-electron chi connectivity index (χ4n) is 4.05. The first-order valence-electron chi connectivity index (χ1n) is 10.1. The molecule has 0 atom stereocenters. The number of halogens is 1. The van der Waals surface area contributed by atoms with Crippen molar-refractivity contribution >= 4 is 51.7 Å². The molecule has 9 heteroatoms. The Morgan fingerprint density at radius 2 is 1.44 bits per heavy atom. The van der Waals surface area contributed by atoms with E-state index in [0.29, 0.717) is 17.7 Å². The van der Waals surface area contributed by atoms with Crippen molar-refractivity contribution in [1.29, 1.82) is 0 Å². The Balaban J connectivity index is 0.00000144. The second-order valence-corrected chi connectivity index (χ2v) is 8.33. The molecule has 0 spiro atoms. The summed E-state index contributed by atoms with van der Waals surface area (Å²) in [6.07, 6.45) is 3.97. The molecule has 7 nitrogen and oxygen atoms in total. The van der Waals surface area contributed by atoms with Gasteiger partial charge in [-0.15, -0.1) is 12.4 Å². The molecular formula is C23H25ClN4O3S. The second-order valence-electron chi connectivity index (χ2n) is 7.53. The molecule has 1 saturated heterocycles. The quantitative estimate of drug-likeness (QED) is 0.421. The van der Waals surface area contributed by atoms with Crippen LogP contribution in [-0.4, -0.2) is 70.7 Å². The third kappa shape index (κ3) is 4.40. The number of carbonyl (C=O) groups excluding carboxylic acids is 2. The Hall–Kier alpha value is -2.78. The van der Waals surface area contributed by atoms with Gasteiger partial charge in [0.25, 0.3) is 11.8 Å². The van der Waals surface area contributed by atoms with Crippen LogP contribution in [0.25, 0.3) is 10.1 Å². The minimum atomic E-state index is -0.204. The fraction of sp³-hybridized carbons (Fsp3) is 0.261. The number of aromatic nitrogens is 1. The van der Waals surface area contributed by atoms with Crippen molar-refractivity contribution in [2.24, 2.45) is 0 Å². The van der Waals surface area contributed by atoms with Gasteiger partial charge in [-0.3, -0.25) is 19.4 Å². The highest BCUT2D eigenvalue weighted by molar-refractivity contribution is 7.13. The summed E-state index contributed by atoms with van der Waals surface area (Å²) in [7, 11) is 0. The normalized spacial score (nSPS) is 16.4. The van der Waals surface area contributed by atoms with E-state index in [9.17, 15) is 9.59 Å². The van der Waals surface area contributed by atoms with Gasteiger partial charge in [-0.1, -0.05) is 36.4 Å². The monoisotopic (exact) mass is 472 g/mol. The summed E-state index contributed by atoms with van der Waals surface area (Å²) in [4.78, 5) is 30.8. The zero-order valence-corrected chi connectivity index (χ0v) is 19.1. The number of benzene rings is 2. The summed E-state index contributed by atoms with van der Waals surface area (Å²) in [6, 6.07) is 15.4. The summed E-state index contributed by atoms with van der Waals surface area (Å²) < 4.78 is 5.89. The van der Waals surface area contributed by atoms with Crippen molar-refractivity contribution < 1.29 is 15.1 Å². The Morgan fingerprint density at radius 1 is 0.844 bits per heavy atom. The van der Waals surface area contributed by atoms with Gasteiger partial charge in [0.1, 0.15) is 5.82 Å². The van der Waals surface area contributed by atoms with Gasteiger partial charge in [-0.05, 0) is 35.8 Å². The van der Waals surface area contributed by atoms with E-state index >= 15 is 0 Å². The maximum Gasteiger partial charge on any atom is 0.261 e. The SMILES string of the molecule is Cl.O.O=C1c2ccccc2C(=O)N1CC=CCN1CCN(c2nsc3ccccc23)CC1.